The SMILES string of the molecule is CN1SNc2c(ccc3cccnc23)C1c1ccncc1F. The highest BCUT2D eigenvalue weighted by Crippen LogP contribution is 2.44. The van der Waals surface area contributed by atoms with Gasteiger partial charge in [0.1, 0.15) is 5.82 Å². The summed E-state index contributed by atoms with van der Waals surface area (Å²) in [5.74, 6) is -0.297. The Kier molecular flexibility index (Phi) is 3.20. The molecule has 1 aliphatic heterocycles. The van der Waals surface area contributed by atoms with Crippen molar-refractivity contribution in [2.75, 3.05) is 11.8 Å². The lowest BCUT2D eigenvalue weighted by molar-refractivity contribution is 0.456. The lowest BCUT2D eigenvalue weighted by atomic mass is 9.96. The van der Waals surface area contributed by atoms with Gasteiger partial charge in [0, 0.05) is 48.1 Å². The normalized spacial score (nSPS) is 18.0. The second-order valence-electron chi connectivity index (χ2n) is 5.14. The second kappa shape index (κ2) is 5.23. The van der Waals surface area contributed by atoms with Crippen LogP contribution in [0.5, 0.6) is 0 Å². The van der Waals surface area contributed by atoms with Crippen LogP contribution in [0.4, 0.5) is 10.1 Å². The summed E-state index contributed by atoms with van der Waals surface area (Å²) in [6, 6.07) is 9.54. The van der Waals surface area contributed by atoms with Crippen molar-refractivity contribution in [1.29, 1.82) is 0 Å². The van der Waals surface area contributed by atoms with Crippen molar-refractivity contribution in [3.8, 4) is 0 Å². The Labute approximate surface area is 131 Å². The molecule has 1 unspecified atom stereocenters. The minimum absolute atomic E-state index is 0.185. The molecule has 4 nitrogen and oxygen atoms in total. The molecule has 1 aliphatic rings. The molecule has 1 aromatic carbocycles. The predicted octanol–water partition coefficient (Wildman–Crippen LogP) is 3.78. The Morgan fingerprint density at radius 1 is 1.18 bits per heavy atom. The van der Waals surface area contributed by atoms with Crippen LogP contribution in [0.25, 0.3) is 10.9 Å². The van der Waals surface area contributed by atoms with Crippen molar-refractivity contribution in [3.63, 3.8) is 0 Å². The van der Waals surface area contributed by atoms with Gasteiger partial charge in [-0.3, -0.25) is 9.97 Å². The average molecular weight is 312 g/mol. The van der Waals surface area contributed by atoms with Crippen molar-refractivity contribution >= 4 is 28.7 Å². The molecule has 0 radical (unpaired) electrons. The first-order valence-corrected chi connectivity index (χ1v) is 7.66. The molecule has 2 aromatic heterocycles. The predicted molar refractivity (Wildman–Crippen MR) is 86.8 cm³/mol. The first-order chi connectivity index (χ1) is 10.8. The van der Waals surface area contributed by atoms with E-state index in [9.17, 15) is 4.39 Å². The molecular weight excluding hydrogens is 299 g/mol. The van der Waals surface area contributed by atoms with Crippen LogP contribution < -0.4 is 4.72 Å². The molecule has 3 heterocycles. The molecule has 4 rings (SSSR count). The van der Waals surface area contributed by atoms with Crippen LogP contribution in [-0.2, 0) is 0 Å². The van der Waals surface area contributed by atoms with Crippen LogP contribution in [0.2, 0.25) is 0 Å². The molecule has 3 aromatic rings. The molecule has 0 spiro atoms. The Hall–Kier alpha value is -2.18. The third kappa shape index (κ3) is 2.03. The van der Waals surface area contributed by atoms with E-state index in [1.54, 1.807) is 18.5 Å². The number of halogens is 1. The molecule has 0 saturated heterocycles. The fraction of sp³-hybridized carbons (Fsp3) is 0.125. The van der Waals surface area contributed by atoms with E-state index in [-0.39, 0.29) is 11.9 Å². The van der Waals surface area contributed by atoms with Crippen LogP contribution in [-0.4, -0.2) is 21.3 Å². The van der Waals surface area contributed by atoms with Crippen LogP contribution in [0, 0.1) is 5.82 Å². The molecule has 22 heavy (non-hydrogen) atoms. The number of hydrogen-bond acceptors (Lipinski definition) is 5. The van der Waals surface area contributed by atoms with Gasteiger partial charge in [-0.15, -0.1) is 0 Å². The summed E-state index contributed by atoms with van der Waals surface area (Å²) in [5.41, 5.74) is 3.48. The molecule has 1 N–H and O–H groups in total. The van der Waals surface area contributed by atoms with Crippen molar-refractivity contribution < 1.29 is 4.39 Å². The Morgan fingerprint density at radius 3 is 2.95 bits per heavy atom. The summed E-state index contributed by atoms with van der Waals surface area (Å²) in [6.45, 7) is 0. The Bertz CT molecular complexity index is 854. The minimum atomic E-state index is -0.297. The molecule has 0 amide bonds. The van der Waals surface area contributed by atoms with Crippen molar-refractivity contribution in [2.24, 2.45) is 0 Å². The van der Waals surface area contributed by atoms with Gasteiger partial charge in [0.05, 0.1) is 23.4 Å². The quantitative estimate of drug-likeness (QED) is 0.693. The topological polar surface area (TPSA) is 41.0 Å². The molecule has 1 atom stereocenters. The number of hydrogen-bond donors (Lipinski definition) is 1. The molecule has 6 heteroatoms. The van der Waals surface area contributed by atoms with Crippen LogP contribution in [0.1, 0.15) is 17.2 Å². The van der Waals surface area contributed by atoms with E-state index < -0.39 is 0 Å². The van der Waals surface area contributed by atoms with Gasteiger partial charge in [-0.2, -0.15) is 0 Å². The fourth-order valence-corrected chi connectivity index (χ4v) is 3.62. The van der Waals surface area contributed by atoms with Gasteiger partial charge in [0.2, 0.25) is 0 Å². The highest BCUT2D eigenvalue weighted by atomic mass is 32.2. The van der Waals surface area contributed by atoms with Gasteiger partial charge in [0.15, 0.2) is 0 Å². The summed E-state index contributed by atoms with van der Waals surface area (Å²) in [6.07, 6.45) is 4.65. The number of pyridine rings is 2. The average Bonchev–Trinajstić information content (AvgIpc) is 2.55. The third-order valence-electron chi connectivity index (χ3n) is 3.86. The van der Waals surface area contributed by atoms with Crippen LogP contribution in [0.3, 0.4) is 0 Å². The van der Waals surface area contributed by atoms with Crippen molar-refractivity contribution in [1.82, 2.24) is 14.3 Å². The summed E-state index contributed by atoms with van der Waals surface area (Å²) < 4.78 is 19.5. The van der Waals surface area contributed by atoms with Crippen molar-refractivity contribution in [3.05, 3.63) is 65.9 Å². The highest BCUT2D eigenvalue weighted by molar-refractivity contribution is 7.98. The molecule has 110 valence electrons. The number of nitrogens with one attached hydrogen (secondary N) is 1. The summed E-state index contributed by atoms with van der Waals surface area (Å²) in [4.78, 5) is 8.31. The van der Waals surface area contributed by atoms with Gasteiger partial charge in [-0.25, -0.2) is 8.70 Å². The zero-order valence-electron chi connectivity index (χ0n) is 11.8. The summed E-state index contributed by atoms with van der Waals surface area (Å²) >= 11 is 1.44. The summed E-state index contributed by atoms with van der Waals surface area (Å²) in [5, 5.41) is 1.06. The second-order valence-corrected chi connectivity index (χ2v) is 6.11. The number of aromatic nitrogens is 2. The van der Waals surface area contributed by atoms with E-state index in [4.69, 9.17) is 0 Å². The Balaban J connectivity index is 1.96. The first-order valence-electron chi connectivity index (χ1n) is 6.88. The van der Waals surface area contributed by atoms with E-state index in [2.05, 4.69) is 14.7 Å². The highest BCUT2D eigenvalue weighted by Gasteiger charge is 2.30. The molecule has 0 aliphatic carbocycles. The molecule has 0 fully saturated rings. The number of anilines is 1. The number of benzene rings is 1. The van der Waals surface area contributed by atoms with E-state index >= 15 is 0 Å². The third-order valence-corrected chi connectivity index (χ3v) is 4.65. The van der Waals surface area contributed by atoms with Crippen LogP contribution >= 0.6 is 12.1 Å². The number of nitrogens with zero attached hydrogens (tertiary/aromatic N) is 3. The fourth-order valence-electron chi connectivity index (χ4n) is 2.83. The monoisotopic (exact) mass is 312 g/mol. The van der Waals surface area contributed by atoms with E-state index in [0.717, 1.165) is 22.2 Å². The maximum Gasteiger partial charge on any atom is 0.146 e. The van der Waals surface area contributed by atoms with E-state index in [1.807, 2.05) is 35.6 Å². The minimum Gasteiger partial charge on any atom is -0.314 e. The zero-order valence-corrected chi connectivity index (χ0v) is 12.6. The largest absolute Gasteiger partial charge is 0.314 e. The Morgan fingerprint density at radius 2 is 2.09 bits per heavy atom. The maximum absolute atomic E-state index is 14.2. The lowest BCUT2D eigenvalue weighted by Crippen LogP contribution is -2.26. The number of rotatable bonds is 1. The van der Waals surface area contributed by atoms with Crippen molar-refractivity contribution in [2.45, 2.75) is 6.04 Å². The van der Waals surface area contributed by atoms with Gasteiger partial charge >= 0.3 is 0 Å². The standard InChI is InChI=1S/C16H13FN4S/c1-21-16(11-6-8-18-9-13(11)17)12-5-4-10-3-2-7-19-14(10)15(12)20-22-21/h2-9,16,20H,1H3. The van der Waals surface area contributed by atoms with Gasteiger partial charge in [-0.05, 0) is 12.1 Å². The van der Waals surface area contributed by atoms with E-state index in [1.165, 1.54) is 18.3 Å². The zero-order chi connectivity index (χ0) is 15.1. The number of fused-ring (bicyclic) bond motifs is 3. The van der Waals surface area contributed by atoms with Gasteiger partial charge in [0.25, 0.3) is 0 Å². The summed E-state index contributed by atoms with van der Waals surface area (Å²) in [7, 11) is 1.94. The van der Waals surface area contributed by atoms with Gasteiger partial charge < -0.3 is 4.72 Å². The molecule has 0 bridgehead atoms. The first kappa shape index (κ1) is 13.5. The smallest absolute Gasteiger partial charge is 0.146 e. The maximum atomic E-state index is 14.2. The lowest BCUT2D eigenvalue weighted by Gasteiger charge is -2.34. The molecular formula is C16H13FN4S. The van der Waals surface area contributed by atoms with Crippen LogP contribution in [0.15, 0.2) is 48.9 Å². The van der Waals surface area contributed by atoms with E-state index in [0.29, 0.717) is 5.56 Å². The van der Waals surface area contributed by atoms with Gasteiger partial charge in [-0.1, -0.05) is 18.2 Å². The molecule has 0 saturated carbocycles.